The van der Waals surface area contributed by atoms with E-state index in [2.05, 4.69) is 0 Å². The molecule has 12 heavy (non-hydrogen) atoms. The van der Waals surface area contributed by atoms with E-state index in [0.717, 1.165) is 0 Å². The number of rotatable bonds is 1. The second-order valence-electron chi connectivity index (χ2n) is 2.09. The van der Waals surface area contributed by atoms with Crippen LogP contribution in [0.15, 0.2) is 17.0 Å². The predicted molar refractivity (Wildman–Crippen MR) is 46.6 cm³/mol. The number of benzene rings is 1. The van der Waals surface area contributed by atoms with E-state index in [-0.39, 0.29) is 15.6 Å². The van der Waals surface area contributed by atoms with Crippen LogP contribution >= 0.6 is 11.6 Å². The molecule has 0 aliphatic rings. The Morgan fingerprint density at radius 1 is 1.50 bits per heavy atom. The maximum Gasteiger partial charge on any atom is 0.190 e. The van der Waals surface area contributed by atoms with Crippen LogP contribution in [0.1, 0.15) is 0 Å². The number of halogens is 1. The standard InChI is InChI=1S/C6H6ClNO3S/c7-3-1-4(8)6(9)5(2-3)12(10)11/h1-2,9H,8H2,(H,10,11). The number of nitrogens with two attached hydrogens (primary N) is 1. The van der Waals surface area contributed by atoms with Crippen molar-refractivity contribution in [1.29, 1.82) is 0 Å². The van der Waals surface area contributed by atoms with Gasteiger partial charge in [-0.15, -0.1) is 0 Å². The quantitative estimate of drug-likeness (QED) is 0.367. The van der Waals surface area contributed by atoms with Gasteiger partial charge in [0.1, 0.15) is 4.90 Å². The summed E-state index contributed by atoms with van der Waals surface area (Å²) in [5.41, 5.74) is 5.27. The molecule has 1 rings (SSSR count). The van der Waals surface area contributed by atoms with Crippen molar-refractivity contribution in [2.24, 2.45) is 0 Å². The fourth-order valence-corrected chi connectivity index (χ4v) is 1.53. The highest BCUT2D eigenvalue weighted by Crippen LogP contribution is 2.30. The van der Waals surface area contributed by atoms with Gasteiger partial charge in [0.25, 0.3) is 0 Å². The Morgan fingerprint density at radius 3 is 2.58 bits per heavy atom. The van der Waals surface area contributed by atoms with Gasteiger partial charge in [-0.05, 0) is 12.1 Å². The van der Waals surface area contributed by atoms with Crippen LogP contribution in [0.2, 0.25) is 5.02 Å². The van der Waals surface area contributed by atoms with E-state index >= 15 is 0 Å². The van der Waals surface area contributed by atoms with E-state index in [9.17, 15) is 4.21 Å². The number of anilines is 1. The summed E-state index contributed by atoms with van der Waals surface area (Å²) in [6, 6.07) is 2.48. The molecular formula is C6H6ClNO3S. The van der Waals surface area contributed by atoms with E-state index in [1.807, 2.05) is 0 Å². The molecule has 1 aromatic rings. The van der Waals surface area contributed by atoms with Gasteiger partial charge in [0.05, 0.1) is 5.69 Å². The summed E-state index contributed by atoms with van der Waals surface area (Å²) in [5.74, 6) is -0.403. The molecule has 0 aliphatic carbocycles. The van der Waals surface area contributed by atoms with E-state index < -0.39 is 16.8 Å². The molecule has 0 spiro atoms. The van der Waals surface area contributed by atoms with Crippen molar-refractivity contribution in [1.82, 2.24) is 0 Å². The van der Waals surface area contributed by atoms with Crippen molar-refractivity contribution in [3.8, 4) is 5.75 Å². The molecule has 1 aromatic carbocycles. The Hall–Kier alpha value is -0.780. The lowest BCUT2D eigenvalue weighted by Gasteiger charge is -2.03. The average Bonchev–Trinajstić information content (AvgIpc) is 1.96. The zero-order chi connectivity index (χ0) is 9.30. The van der Waals surface area contributed by atoms with E-state index in [1.165, 1.54) is 12.1 Å². The van der Waals surface area contributed by atoms with Crippen molar-refractivity contribution in [2.45, 2.75) is 4.90 Å². The number of hydrogen-bond acceptors (Lipinski definition) is 3. The number of phenolic OH excluding ortho intramolecular Hbond substituents is 1. The predicted octanol–water partition coefficient (Wildman–Crippen LogP) is 1.21. The third kappa shape index (κ3) is 1.69. The van der Waals surface area contributed by atoms with Gasteiger partial charge in [0.15, 0.2) is 16.8 Å². The summed E-state index contributed by atoms with van der Waals surface area (Å²) in [5, 5.41) is 9.37. The monoisotopic (exact) mass is 207 g/mol. The van der Waals surface area contributed by atoms with Gasteiger partial charge >= 0.3 is 0 Å². The van der Waals surface area contributed by atoms with Crippen molar-refractivity contribution in [2.75, 3.05) is 5.73 Å². The van der Waals surface area contributed by atoms with Crippen molar-refractivity contribution in [3.05, 3.63) is 17.2 Å². The molecule has 0 aromatic heterocycles. The van der Waals surface area contributed by atoms with Crippen LogP contribution in [0.5, 0.6) is 5.75 Å². The van der Waals surface area contributed by atoms with E-state index in [4.69, 9.17) is 27.0 Å². The summed E-state index contributed by atoms with van der Waals surface area (Å²) < 4.78 is 19.2. The smallest absolute Gasteiger partial charge is 0.190 e. The molecule has 0 saturated carbocycles. The van der Waals surface area contributed by atoms with Crippen molar-refractivity contribution < 1.29 is 13.9 Å². The van der Waals surface area contributed by atoms with Crippen molar-refractivity contribution >= 4 is 28.4 Å². The van der Waals surface area contributed by atoms with E-state index in [1.54, 1.807) is 0 Å². The zero-order valence-corrected chi connectivity index (χ0v) is 7.39. The molecule has 0 saturated heterocycles. The Morgan fingerprint density at radius 2 is 2.08 bits per heavy atom. The van der Waals surface area contributed by atoms with Gasteiger partial charge in [-0.3, -0.25) is 0 Å². The molecule has 0 heterocycles. The molecule has 66 valence electrons. The number of hydrogen-bond donors (Lipinski definition) is 3. The minimum Gasteiger partial charge on any atom is -0.504 e. The average molecular weight is 208 g/mol. The molecule has 0 fully saturated rings. The van der Waals surface area contributed by atoms with Crippen LogP contribution in [0.25, 0.3) is 0 Å². The maximum atomic E-state index is 10.6. The first-order chi connectivity index (χ1) is 5.52. The van der Waals surface area contributed by atoms with Crippen molar-refractivity contribution in [3.63, 3.8) is 0 Å². The van der Waals surface area contributed by atoms with E-state index in [0.29, 0.717) is 0 Å². The SMILES string of the molecule is Nc1cc(Cl)cc(S(=O)O)c1O. The van der Waals surface area contributed by atoms with Crippen LogP contribution in [-0.2, 0) is 11.1 Å². The molecule has 4 N–H and O–H groups in total. The second-order valence-corrected chi connectivity index (χ2v) is 3.47. The fourth-order valence-electron chi connectivity index (χ4n) is 0.728. The lowest BCUT2D eigenvalue weighted by atomic mass is 10.3. The van der Waals surface area contributed by atoms with Crippen LogP contribution < -0.4 is 5.73 Å². The summed E-state index contributed by atoms with van der Waals surface area (Å²) in [7, 11) is 0. The summed E-state index contributed by atoms with van der Waals surface area (Å²) in [6.45, 7) is 0. The minimum atomic E-state index is -2.28. The first kappa shape index (κ1) is 9.31. The third-order valence-electron chi connectivity index (χ3n) is 1.26. The highest BCUT2D eigenvalue weighted by atomic mass is 35.5. The normalized spacial score (nSPS) is 12.8. The first-order valence-electron chi connectivity index (χ1n) is 2.91. The summed E-state index contributed by atoms with van der Waals surface area (Å²) >= 11 is 3.25. The summed E-state index contributed by atoms with van der Waals surface area (Å²) in [6.07, 6.45) is 0. The van der Waals surface area contributed by atoms with Gasteiger partial charge in [0.2, 0.25) is 0 Å². The Kier molecular flexibility index (Phi) is 2.56. The Balaban J connectivity index is 3.37. The zero-order valence-electron chi connectivity index (χ0n) is 5.82. The molecule has 0 aliphatic heterocycles. The second kappa shape index (κ2) is 3.30. The molecule has 4 nitrogen and oxygen atoms in total. The van der Waals surface area contributed by atoms with Crippen LogP contribution in [-0.4, -0.2) is 13.9 Å². The third-order valence-corrected chi connectivity index (χ3v) is 2.16. The molecule has 1 atom stereocenters. The molecular weight excluding hydrogens is 202 g/mol. The lowest BCUT2D eigenvalue weighted by Crippen LogP contribution is -1.93. The molecule has 6 heteroatoms. The van der Waals surface area contributed by atoms with Gasteiger partial charge in [-0.1, -0.05) is 11.6 Å². The molecule has 1 unspecified atom stereocenters. The number of nitrogen functional groups attached to an aromatic ring is 1. The first-order valence-corrected chi connectivity index (χ1v) is 4.39. The van der Waals surface area contributed by atoms with Crippen LogP contribution in [0, 0.1) is 0 Å². The maximum absolute atomic E-state index is 10.6. The Labute approximate surface area is 76.2 Å². The number of aromatic hydroxyl groups is 1. The topological polar surface area (TPSA) is 83.6 Å². The largest absolute Gasteiger partial charge is 0.504 e. The van der Waals surface area contributed by atoms with Gasteiger partial charge in [0, 0.05) is 5.02 Å². The lowest BCUT2D eigenvalue weighted by molar-refractivity contribution is 0.459. The number of phenols is 1. The van der Waals surface area contributed by atoms with Gasteiger partial charge in [-0.25, -0.2) is 4.21 Å². The summed E-state index contributed by atoms with van der Waals surface area (Å²) in [4.78, 5) is -0.181. The van der Waals surface area contributed by atoms with Gasteiger partial charge < -0.3 is 15.4 Å². The molecule has 0 radical (unpaired) electrons. The van der Waals surface area contributed by atoms with Crippen LogP contribution in [0.4, 0.5) is 5.69 Å². The van der Waals surface area contributed by atoms with Crippen LogP contribution in [0.3, 0.4) is 0 Å². The van der Waals surface area contributed by atoms with Gasteiger partial charge in [-0.2, -0.15) is 0 Å². The highest BCUT2D eigenvalue weighted by Gasteiger charge is 2.11. The Bertz CT molecular complexity index is 342. The fraction of sp³-hybridized carbons (Fsp3) is 0. The minimum absolute atomic E-state index is 0.0140. The molecule has 0 bridgehead atoms. The highest BCUT2D eigenvalue weighted by molar-refractivity contribution is 7.79. The molecule has 0 amide bonds.